The lowest BCUT2D eigenvalue weighted by Crippen LogP contribution is -2.30. The first-order chi connectivity index (χ1) is 10.1. The zero-order valence-electron chi connectivity index (χ0n) is 12.5. The molecule has 0 radical (unpaired) electrons. The standard InChI is InChI=1S/C16H20BrN3S/c1-10(2)20-16(12(17)9-19-20)15(18-3)14-8-11-6-4-5-7-13(11)21-14/h4-7,9-10,14-15,18H,8H2,1-3H3. The van der Waals surface area contributed by atoms with Crippen molar-refractivity contribution in [1.29, 1.82) is 0 Å². The Kier molecular flexibility index (Phi) is 4.43. The van der Waals surface area contributed by atoms with E-state index in [1.54, 1.807) is 0 Å². The van der Waals surface area contributed by atoms with Crippen molar-refractivity contribution in [2.24, 2.45) is 0 Å². The molecule has 1 aromatic heterocycles. The van der Waals surface area contributed by atoms with Gasteiger partial charge in [0.15, 0.2) is 0 Å². The minimum Gasteiger partial charge on any atom is -0.311 e. The number of hydrogen-bond donors (Lipinski definition) is 1. The van der Waals surface area contributed by atoms with Gasteiger partial charge in [-0.05, 0) is 54.9 Å². The van der Waals surface area contributed by atoms with Gasteiger partial charge in [-0.2, -0.15) is 5.10 Å². The number of rotatable bonds is 4. The van der Waals surface area contributed by atoms with Crippen molar-refractivity contribution in [1.82, 2.24) is 15.1 Å². The summed E-state index contributed by atoms with van der Waals surface area (Å²) < 4.78 is 3.21. The third kappa shape index (κ3) is 2.79. The normalized spacial score (nSPS) is 19.0. The summed E-state index contributed by atoms with van der Waals surface area (Å²) in [6.07, 6.45) is 3.01. The molecule has 2 aromatic rings. The Bertz CT molecular complexity index is 613. The molecule has 3 rings (SSSR count). The van der Waals surface area contributed by atoms with Gasteiger partial charge in [0, 0.05) is 16.2 Å². The second-order valence-electron chi connectivity index (χ2n) is 5.65. The Morgan fingerprint density at radius 1 is 1.38 bits per heavy atom. The van der Waals surface area contributed by atoms with E-state index in [-0.39, 0.29) is 6.04 Å². The molecule has 0 saturated heterocycles. The fourth-order valence-corrected chi connectivity index (χ4v) is 4.92. The molecular formula is C16H20BrN3S. The summed E-state index contributed by atoms with van der Waals surface area (Å²) in [6.45, 7) is 4.35. The highest BCUT2D eigenvalue weighted by atomic mass is 79.9. The van der Waals surface area contributed by atoms with Crippen molar-refractivity contribution < 1.29 is 0 Å². The summed E-state index contributed by atoms with van der Waals surface area (Å²) in [5.74, 6) is 0. The second kappa shape index (κ2) is 6.15. The molecule has 0 aliphatic carbocycles. The van der Waals surface area contributed by atoms with Crippen molar-refractivity contribution in [3.05, 3.63) is 46.2 Å². The molecule has 1 aliphatic rings. The molecular weight excluding hydrogens is 346 g/mol. The summed E-state index contributed by atoms with van der Waals surface area (Å²) in [6, 6.07) is 9.35. The van der Waals surface area contributed by atoms with Gasteiger partial charge in [-0.3, -0.25) is 4.68 Å². The molecule has 0 amide bonds. The average molecular weight is 366 g/mol. The van der Waals surface area contributed by atoms with Gasteiger partial charge in [-0.1, -0.05) is 18.2 Å². The number of hydrogen-bond acceptors (Lipinski definition) is 3. The fourth-order valence-electron chi connectivity index (χ4n) is 2.95. The SMILES string of the molecule is CNC(c1c(Br)cnn1C(C)C)C1Cc2ccccc2S1. The van der Waals surface area contributed by atoms with Gasteiger partial charge in [0.25, 0.3) is 0 Å². The molecule has 0 saturated carbocycles. The quantitative estimate of drug-likeness (QED) is 0.880. The van der Waals surface area contributed by atoms with E-state index in [1.807, 2.05) is 25.0 Å². The maximum Gasteiger partial charge on any atom is 0.0710 e. The van der Waals surface area contributed by atoms with E-state index in [9.17, 15) is 0 Å². The third-order valence-corrected chi connectivity index (χ3v) is 5.93. The van der Waals surface area contributed by atoms with Gasteiger partial charge in [0.2, 0.25) is 0 Å². The maximum atomic E-state index is 4.53. The van der Waals surface area contributed by atoms with Gasteiger partial charge in [0.1, 0.15) is 0 Å². The number of nitrogens with one attached hydrogen (secondary N) is 1. The van der Waals surface area contributed by atoms with Crippen molar-refractivity contribution in [3.8, 4) is 0 Å². The zero-order valence-corrected chi connectivity index (χ0v) is 14.9. The largest absolute Gasteiger partial charge is 0.311 e. The van der Waals surface area contributed by atoms with Gasteiger partial charge in [0.05, 0.1) is 22.4 Å². The van der Waals surface area contributed by atoms with Gasteiger partial charge in [-0.15, -0.1) is 11.8 Å². The molecule has 21 heavy (non-hydrogen) atoms. The lowest BCUT2D eigenvalue weighted by Gasteiger charge is -2.25. The fraction of sp³-hybridized carbons (Fsp3) is 0.438. The Balaban J connectivity index is 1.93. The van der Waals surface area contributed by atoms with E-state index in [0.717, 1.165) is 10.9 Å². The Morgan fingerprint density at radius 2 is 2.14 bits per heavy atom. The molecule has 2 heterocycles. The van der Waals surface area contributed by atoms with E-state index >= 15 is 0 Å². The van der Waals surface area contributed by atoms with E-state index in [0.29, 0.717) is 11.3 Å². The van der Waals surface area contributed by atoms with E-state index in [2.05, 4.69) is 69.1 Å². The molecule has 2 unspecified atom stereocenters. The molecule has 0 fully saturated rings. The number of fused-ring (bicyclic) bond motifs is 1. The van der Waals surface area contributed by atoms with Crippen LogP contribution in [0.25, 0.3) is 0 Å². The number of aromatic nitrogens is 2. The molecule has 0 bridgehead atoms. The second-order valence-corrected chi connectivity index (χ2v) is 7.79. The van der Waals surface area contributed by atoms with E-state index in [4.69, 9.17) is 0 Å². The van der Waals surface area contributed by atoms with Crippen molar-refractivity contribution in [2.45, 2.75) is 42.5 Å². The summed E-state index contributed by atoms with van der Waals surface area (Å²) in [4.78, 5) is 1.41. The highest BCUT2D eigenvalue weighted by Crippen LogP contribution is 2.43. The number of halogens is 1. The summed E-state index contributed by atoms with van der Waals surface area (Å²) >= 11 is 5.65. The van der Waals surface area contributed by atoms with E-state index in [1.165, 1.54) is 16.2 Å². The number of thioether (sulfide) groups is 1. The van der Waals surface area contributed by atoms with Crippen LogP contribution < -0.4 is 5.32 Å². The predicted octanol–water partition coefficient (Wildman–Crippen LogP) is 4.20. The van der Waals surface area contributed by atoms with Crippen LogP contribution >= 0.6 is 27.7 Å². The first-order valence-electron chi connectivity index (χ1n) is 7.26. The molecule has 1 aromatic carbocycles. The lowest BCUT2D eigenvalue weighted by atomic mass is 10.0. The Labute approximate surface area is 138 Å². The smallest absolute Gasteiger partial charge is 0.0710 e. The highest BCUT2D eigenvalue weighted by molar-refractivity contribution is 9.10. The first-order valence-corrected chi connectivity index (χ1v) is 8.93. The van der Waals surface area contributed by atoms with Crippen LogP contribution in [-0.2, 0) is 6.42 Å². The molecule has 1 N–H and O–H groups in total. The summed E-state index contributed by atoms with van der Waals surface area (Å²) in [7, 11) is 2.04. The van der Waals surface area contributed by atoms with Crippen molar-refractivity contribution in [3.63, 3.8) is 0 Å². The Morgan fingerprint density at radius 3 is 2.81 bits per heavy atom. The van der Waals surface area contributed by atoms with E-state index < -0.39 is 0 Å². The molecule has 0 spiro atoms. The molecule has 2 atom stereocenters. The predicted molar refractivity (Wildman–Crippen MR) is 91.9 cm³/mol. The molecule has 5 heteroatoms. The Hall–Kier alpha value is -0.780. The monoisotopic (exact) mass is 365 g/mol. The highest BCUT2D eigenvalue weighted by Gasteiger charge is 2.33. The zero-order chi connectivity index (χ0) is 15.0. The lowest BCUT2D eigenvalue weighted by molar-refractivity contribution is 0.452. The van der Waals surface area contributed by atoms with Crippen LogP contribution in [0.15, 0.2) is 39.8 Å². The number of benzene rings is 1. The van der Waals surface area contributed by atoms with Crippen molar-refractivity contribution >= 4 is 27.7 Å². The summed E-state index contributed by atoms with van der Waals surface area (Å²) in [5, 5.41) is 8.53. The van der Waals surface area contributed by atoms with Gasteiger partial charge >= 0.3 is 0 Å². The number of nitrogens with zero attached hydrogens (tertiary/aromatic N) is 2. The van der Waals surface area contributed by atoms with Crippen LogP contribution in [0.2, 0.25) is 0 Å². The van der Waals surface area contributed by atoms with Crippen LogP contribution in [0.4, 0.5) is 0 Å². The first kappa shape index (κ1) is 15.1. The van der Waals surface area contributed by atoms with Crippen LogP contribution in [0.1, 0.15) is 37.2 Å². The molecule has 3 nitrogen and oxygen atoms in total. The minimum atomic E-state index is 0.279. The molecule has 112 valence electrons. The summed E-state index contributed by atoms with van der Waals surface area (Å²) in [5.41, 5.74) is 2.71. The van der Waals surface area contributed by atoms with Gasteiger partial charge < -0.3 is 5.32 Å². The topological polar surface area (TPSA) is 29.9 Å². The van der Waals surface area contributed by atoms with Crippen LogP contribution in [0, 0.1) is 0 Å². The van der Waals surface area contributed by atoms with Crippen molar-refractivity contribution in [2.75, 3.05) is 7.05 Å². The average Bonchev–Trinajstić information content (AvgIpc) is 3.04. The molecule has 1 aliphatic heterocycles. The van der Waals surface area contributed by atoms with Gasteiger partial charge in [-0.25, -0.2) is 0 Å². The van der Waals surface area contributed by atoms with Crippen LogP contribution in [0.5, 0.6) is 0 Å². The maximum absolute atomic E-state index is 4.53. The third-order valence-electron chi connectivity index (χ3n) is 3.93. The van der Waals surface area contributed by atoms with Crippen LogP contribution in [0.3, 0.4) is 0 Å². The van der Waals surface area contributed by atoms with Crippen LogP contribution in [-0.4, -0.2) is 22.1 Å². The minimum absolute atomic E-state index is 0.279.